The Morgan fingerprint density at radius 2 is 2.33 bits per heavy atom. The molecule has 1 aromatic heterocycles. The molecule has 1 nitrogen and oxygen atoms in total. The third-order valence-electron chi connectivity index (χ3n) is 2.35. The predicted molar refractivity (Wildman–Crippen MR) is 73.4 cm³/mol. The Labute approximate surface area is 105 Å². The Bertz CT molecular complexity index is 330. The van der Waals surface area contributed by atoms with Crippen molar-refractivity contribution >= 4 is 33.3 Å². The van der Waals surface area contributed by atoms with E-state index < -0.39 is 0 Å². The minimum atomic E-state index is 0.464. The summed E-state index contributed by atoms with van der Waals surface area (Å²) in [5.41, 5.74) is 1.39. The fourth-order valence-corrected chi connectivity index (χ4v) is 2.71. The van der Waals surface area contributed by atoms with Crippen molar-refractivity contribution in [2.24, 2.45) is 0 Å². The molecule has 0 fully saturated rings. The van der Waals surface area contributed by atoms with Crippen molar-refractivity contribution in [1.82, 2.24) is 5.32 Å². The van der Waals surface area contributed by atoms with Gasteiger partial charge in [-0.2, -0.15) is 0 Å². The molecule has 0 saturated heterocycles. The van der Waals surface area contributed by atoms with E-state index in [1.54, 1.807) is 11.3 Å². The Morgan fingerprint density at radius 1 is 1.60 bits per heavy atom. The van der Waals surface area contributed by atoms with E-state index in [-0.39, 0.29) is 0 Å². The van der Waals surface area contributed by atoms with Crippen molar-refractivity contribution in [3.63, 3.8) is 0 Å². The highest BCUT2D eigenvalue weighted by molar-refractivity contribution is 9.11. The van der Waals surface area contributed by atoms with E-state index in [0.29, 0.717) is 6.04 Å². The van der Waals surface area contributed by atoms with Gasteiger partial charge in [0.2, 0.25) is 0 Å². The van der Waals surface area contributed by atoms with E-state index in [1.165, 1.54) is 20.7 Å². The largest absolute Gasteiger partial charge is 0.311 e. The molecule has 0 aliphatic heterocycles. The van der Waals surface area contributed by atoms with Gasteiger partial charge in [-0.15, -0.1) is 11.3 Å². The zero-order valence-electron chi connectivity index (χ0n) is 9.51. The zero-order valence-corrected chi connectivity index (χ0v) is 11.9. The number of nitrogens with one attached hydrogen (secondary N) is 1. The molecule has 15 heavy (non-hydrogen) atoms. The van der Waals surface area contributed by atoms with Crippen LogP contribution in [-0.2, 0) is 0 Å². The van der Waals surface area contributed by atoms with E-state index in [9.17, 15) is 0 Å². The summed E-state index contributed by atoms with van der Waals surface area (Å²) in [4.78, 5) is 1.31. The standard InChI is InChI=1S/C12H18BrNS/c1-4-7-14-10(3)9(2)8-11-5-6-12(13)15-11/h5-6,8,10,14H,4,7H2,1-3H3/b9-8+. The molecule has 1 atom stereocenters. The van der Waals surface area contributed by atoms with Crippen LogP contribution in [0.2, 0.25) is 0 Å². The van der Waals surface area contributed by atoms with Crippen molar-refractivity contribution in [3.05, 3.63) is 26.4 Å². The van der Waals surface area contributed by atoms with Crippen molar-refractivity contribution < 1.29 is 0 Å². The maximum absolute atomic E-state index is 3.48. The van der Waals surface area contributed by atoms with Gasteiger partial charge >= 0.3 is 0 Å². The quantitative estimate of drug-likeness (QED) is 0.851. The minimum absolute atomic E-state index is 0.464. The molecule has 0 spiro atoms. The predicted octanol–water partition coefficient (Wildman–Crippen LogP) is 4.30. The Hall–Kier alpha value is -0.120. The topological polar surface area (TPSA) is 12.0 Å². The normalized spacial score (nSPS) is 14.3. The monoisotopic (exact) mass is 287 g/mol. The number of halogens is 1. The minimum Gasteiger partial charge on any atom is -0.311 e. The lowest BCUT2D eigenvalue weighted by atomic mass is 10.1. The molecule has 1 N–H and O–H groups in total. The molecule has 0 aromatic carbocycles. The van der Waals surface area contributed by atoms with Crippen LogP contribution in [0.25, 0.3) is 6.08 Å². The van der Waals surface area contributed by atoms with E-state index in [4.69, 9.17) is 0 Å². The highest BCUT2D eigenvalue weighted by atomic mass is 79.9. The Kier molecular flexibility index (Phi) is 5.58. The van der Waals surface area contributed by atoms with Crippen LogP contribution in [0.15, 0.2) is 21.5 Å². The van der Waals surface area contributed by atoms with Crippen LogP contribution >= 0.6 is 27.3 Å². The first-order valence-electron chi connectivity index (χ1n) is 5.30. The molecular weight excluding hydrogens is 270 g/mol. The first kappa shape index (κ1) is 12.9. The fourth-order valence-electron chi connectivity index (χ4n) is 1.28. The average Bonchev–Trinajstić information content (AvgIpc) is 2.60. The molecule has 0 aliphatic carbocycles. The molecule has 1 rings (SSSR count). The molecule has 1 unspecified atom stereocenters. The summed E-state index contributed by atoms with van der Waals surface area (Å²) in [6, 6.07) is 4.70. The second-order valence-corrected chi connectivity index (χ2v) is 6.20. The lowest BCUT2D eigenvalue weighted by Gasteiger charge is -2.13. The van der Waals surface area contributed by atoms with Crippen LogP contribution in [0.5, 0.6) is 0 Å². The third kappa shape index (κ3) is 4.49. The van der Waals surface area contributed by atoms with Gasteiger partial charge in [0.15, 0.2) is 0 Å². The van der Waals surface area contributed by atoms with Crippen LogP contribution in [0.1, 0.15) is 32.1 Å². The van der Waals surface area contributed by atoms with E-state index >= 15 is 0 Å². The van der Waals surface area contributed by atoms with E-state index in [2.05, 4.69) is 60.2 Å². The third-order valence-corrected chi connectivity index (χ3v) is 3.92. The van der Waals surface area contributed by atoms with Gasteiger partial charge in [0.1, 0.15) is 0 Å². The number of thiophene rings is 1. The lowest BCUT2D eigenvalue weighted by Crippen LogP contribution is -2.27. The van der Waals surface area contributed by atoms with Gasteiger partial charge in [-0.3, -0.25) is 0 Å². The van der Waals surface area contributed by atoms with Gasteiger partial charge in [0, 0.05) is 10.9 Å². The summed E-state index contributed by atoms with van der Waals surface area (Å²) < 4.78 is 1.19. The maximum atomic E-state index is 3.48. The lowest BCUT2D eigenvalue weighted by molar-refractivity contribution is 0.604. The van der Waals surface area contributed by atoms with Crippen LogP contribution in [-0.4, -0.2) is 12.6 Å². The zero-order chi connectivity index (χ0) is 11.3. The van der Waals surface area contributed by atoms with Gasteiger partial charge in [-0.25, -0.2) is 0 Å². The summed E-state index contributed by atoms with van der Waals surface area (Å²) in [6.45, 7) is 7.67. The van der Waals surface area contributed by atoms with E-state index in [0.717, 1.165) is 6.54 Å². The van der Waals surface area contributed by atoms with Gasteiger partial charge in [0.05, 0.1) is 3.79 Å². The summed E-state index contributed by atoms with van der Waals surface area (Å²) in [5.74, 6) is 0. The number of rotatable bonds is 5. The van der Waals surface area contributed by atoms with Crippen molar-refractivity contribution in [3.8, 4) is 0 Å². The molecule has 3 heteroatoms. The molecule has 0 amide bonds. The molecule has 84 valence electrons. The molecule has 0 aliphatic rings. The fraction of sp³-hybridized carbons (Fsp3) is 0.500. The van der Waals surface area contributed by atoms with Crippen molar-refractivity contribution in [2.75, 3.05) is 6.54 Å². The van der Waals surface area contributed by atoms with Gasteiger partial charge in [-0.1, -0.05) is 12.5 Å². The summed E-state index contributed by atoms with van der Waals surface area (Å²) in [5, 5.41) is 3.48. The highest BCUT2D eigenvalue weighted by Gasteiger charge is 2.03. The van der Waals surface area contributed by atoms with Crippen LogP contribution in [0.4, 0.5) is 0 Å². The molecule has 1 heterocycles. The smallest absolute Gasteiger partial charge is 0.0704 e. The second kappa shape index (κ2) is 6.46. The van der Waals surface area contributed by atoms with Crippen LogP contribution in [0, 0.1) is 0 Å². The molecule has 0 saturated carbocycles. The van der Waals surface area contributed by atoms with Gasteiger partial charge in [-0.05, 0) is 61.0 Å². The number of hydrogen-bond acceptors (Lipinski definition) is 2. The highest BCUT2D eigenvalue weighted by Crippen LogP contribution is 2.24. The first-order chi connectivity index (χ1) is 7.13. The summed E-state index contributed by atoms with van der Waals surface area (Å²) in [7, 11) is 0. The number of hydrogen-bond donors (Lipinski definition) is 1. The molecule has 1 aromatic rings. The molecular formula is C12H18BrNS. The van der Waals surface area contributed by atoms with Crippen LogP contribution < -0.4 is 5.32 Å². The van der Waals surface area contributed by atoms with E-state index in [1.807, 2.05) is 0 Å². The molecule has 0 bridgehead atoms. The maximum Gasteiger partial charge on any atom is 0.0704 e. The summed E-state index contributed by atoms with van der Waals surface area (Å²) in [6.07, 6.45) is 3.44. The van der Waals surface area contributed by atoms with Gasteiger partial charge in [0.25, 0.3) is 0 Å². The van der Waals surface area contributed by atoms with Crippen molar-refractivity contribution in [2.45, 2.75) is 33.2 Å². The Morgan fingerprint density at radius 3 is 2.87 bits per heavy atom. The Balaban J connectivity index is 2.58. The van der Waals surface area contributed by atoms with Crippen molar-refractivity contribution in [1.29, 1.82) is 0 Å². The first-order valence-corrected chi connectivity index (χ1v) is 6.91. The molecule has 0 radical (unpaired) electrons. The van der Waals surface area contributed by atoms with Crippen LogP contribution in [0.3, 0.4) is 0 Å². The average molecular weight is 288 g/mol. The van der Waals surface area contributed by atoms with Gasteiger partial charge < -0.3 is 5.32 Å². The summed E-state index contributed by atoms with van der Waals surface area (Å²) >= 11 is 5.24. The second-order valence-electron chi connectivity index (χ2n) is 3.71. The SMILES string of the molecule is CCCNC(C)/C(C)=C/c1ccc(Br)s1.